The van der Waals surface area contributed by atoms with Crippen molar-refractivity contribution in [3.05, 3.63) is 36.6 Å². The van der Waals surface area contributed by atoms with Crippen LogP contribution >= 0.6 is 11.6 Å². The van der Waals surface area contributed by atoms with Gasteiger partial charge in [0.05, 0.1) is 11.3 Å². The molecule has 3 aliphatic rings. The van der Waals surface area contributed by atoms with E-state index in [2.05, 4.69) is 4.99 Å². The largest absolute Gasteiger partial charge is 0.295 e. The SMILES string of the molecule is O=C1C2C(=NC3CC=CC=CN13)CC=CC2Cl. The predicted molar refractivity (Wildman–Crippen MR) is 67.9 cm³/mol. The third-order valence-corrected chi connectivity index (χ3v) is 3.72. The molecule has 0 saturated heterocycles. The van der Waals surface area contributed by atoms with E-state index in [1.165, 1.54) is 0 Å². The molecule has 3 nitrogen and oxygen atoms in total. The number of nitrogens with zero attached hydrogens (tertiary/aromatic N) is 2. The van der Waals surface area contributed by atoms with Crippen LogP contribution in [0.15, 0.2) is 41.6 Å². The van der Waals surface area contributed by atoms with E-state index < -0.39 is 0 Å². The first-order valence-corrected chi connectivity index (χ1v) is 6.24. The number of hydrogen-bond acceptors (Lipinski definition) is 2. The molecular weight excluding hydrogens is 236 g/mol. The van der Waals surface area contributed by atoms with Crippen molar-refractivity contribution in [1.82, 2.24) is 4.90 Å². The van der Waals surface area contributed by atoms with Crippen LogP contribution in [0, 0.1) is 5.92 Å². The fourth-order valence-corrected chi connectivity index (χ4v) is 2.83. The fourth-order valence-electron chi connectivity index (χ4n) is 2.47. The van der Waals surface area contributed by atoms with Crippen molar-refractivity contribution in [2.45, 2.75) is 24.4 Å². The van der Waals surface area contributed by atoms with E-state index in [1.807, 2.05) is 30.4 Å². The van der Waals surface area contributed by atoms with Crippen LogP contribution in [-0.4, -0.2) is 28.1 Å². The third kappa shape index (κ3) is 1.75. The zero-order chi connectivity index (χ0) is 11.8. The van der Waals surface area contributed by atoms with E-state index in [4.69, 9.17) is 11.6 Å². The van der Waals surface area contributed by atoms with Crippen molar-refractivity contribution >= 4 is 23.2 Å². The van der Waals surface area contributed by atoms with Gasteiger partial charge in [-0.25, -0.2) is 0 Å². The smallest absolute Gasteiger partial charge is 0.238 e. The highest BCUT2D eigenvalue weighted by atomic mass is 35.5. The second-order valence-electron chi connectivity index (χ2n) is 4.41. The average Bonchev–Trinajstić information content (AvgIpc) is 2.54. The first-order chi connectivity index (χ1) is 8.27. The number of alkyl halides is 1. The Bertz CT molecular complexity index is 464. The van der Waals surface area contributed by atoms with Crippen LogP contribution in [0.4, 0.5) is 0 Å². The van der Waals surface area contributed by atoms with E-state index in [-0.39, 0.29) is 23.4 Å². The predicted octanol–water partition coefficient (Wildman–Crippen LogP) is 2.25. The molecule has 3 unspecified atom stereocenters. The Morgan fingerprint density at radius 1 is 1.35 bits per heavy atom. The van der Waals surface area contributed by atoms with E-state index in [0.717, 1.165) is 18.6 Å². The number of fused-ring (bicyclic) bond motifs is 2. The molecule has 0 N–H and O–H groups in total. The van der Waals surface area contributed by atoms with Crippen LogP contribution in [0.2, 0.25) is 0 Å². The fraction of sp³-hybridized carbons (Fsp3) is 0.385. The second kappa shape index (κ2) is 4.15. The number of amides is 1. The second-order valence-corrected chi connectivity index (χ2v) is 4.91. The lowest BCUT2D eigenvalue weighted by atomic mass is 9.88. The summed E-state index contributed by atoms with van der Waals surface area (Å²) < 4.78 is 0. The molecule has 0 aromatic heterocycles. The minimum atomic E-state index is -0.277. The Morgan fingerprint density at radius 3 is 3.12 bits per heavy atom. The number of aliphatic imine (C=N–C) groups is 1. The molecule has 2 heterocycles. The normalized spacial score (nSPS) is 35.1. The van der Waals surface area contributed by atoms with Gasteiger partial charge in [-0.1, -0.05) is 24.3 Å². The van der Waals surface area contributed by atoms with Gasteiger partial charge in [0.1, 0.15) is 6.17 Å². The van der Waals surface area contributed by atoms with Crippen LogP contribution in [0.5, 0.6) is 0 Å². The van der Waals surface area contributed by atoms with Crippen LogP contribution < -0.4 is 0 Å². The Kier molecular flexibility index (Phi) is 2.63. The van der Waals surface area contributed by atoms with Gasteiger partial charge < -0.3 is 0 Å². The molecule has 0 spiro atoms. The lowest BCUT2D eigenvalue weighted by Gasteiger charge is -2.37. The quantitative estimate of drug-likeness (QED) is 0.478. The average molecular weight is 249 g/mol. The van der Waals surface area contributed by atoms with Gasteiger partial charge in [-0.15, -0.1) is 11.6 Å². The maximum absolute atomic E-state index is 12.4. The highest BCUT2D eigenvalue weighted by molar-refractivity contribution is 6.27. The number of allylic oxidation sites excluding steroid dienone is 4. The molecule has 0 saturated carbocycles. The molecule has 3 atom stereocenters. The van der Waals surface area contributed by atoms with E-state index in [9.17, 15) is 4.79 Å². The van der Waals surface area contributed by atoms with Crippen molar-refractivity contribution in [1.29, 1.82) is 0 Å². The van der Waals surface area contributed by atoms with E-state index >= 15 is 0 Å². The molecule has 2 aliphatic heterocycles. The lowest BCUT2D eigenvalue weighted by molar-refractivity contribution is -0.133. The molecule has 1 amide bonds. The van der Waals surface area contributed by atoms with E-state index in [0.29, 0.717) is 0 Å². The minimum Gasteiger partial charge on any atom is -0.295 e. The standard InChI is InChI=1S/C13H13ClN2O/c14-9-5-4-6-10-12(9)13(17)16-8-3-1-2-7-11(16)15-10/h1-5,8-9,11-12H,6-7H2. The summed E-state index contributed by atoms with van der Waals surface area (Å²) in [6.07, 6.45) is 13.0. The maximum Gasteiger partial charge on any atom is 0.238 e. The van der Waals surface area contributed by atoms with Gasteiger partial charge in [-0.05, 0) is 6.08 Å². The first-order valence-electron chi connectivity index (χ1n) is 5.80. The summed E-state index contributed by atoms with van der Waals surface area (Å²) in [5, 5.41) is -0.263. The number of carbonyl (C=O) groups is 1. The molecule has 0 aromatic carbocycles. The molecule has 88 valence electrons. The van der Waals surface area contributed by atoms with Gasteiger partial charge >= 0.3 is 0 Å². The molecule has 4 heteroatoms. The lowest BCUT2D eigenvalue weighted by Crippen LogP contribution is -2.49. The summed E-state index contributed by atoms with van der Waals surface area (Å²) in [6, 6.07) is 0. The van der Waals surface area contributed by atoms with Crippen LogP contribution in [0.3, 0.4) is 0 Å². The van der Waals surface area contributed by atoms with Crippen molar-refractivity contribution in [3.8, 4) is 0 Å². The number of carbonyl (C=O) groups excluding carboxylic acids is 1. The Labute approximate surface area is 105 Å². The van der Waals surface area contributed by atoms with E-state index in [1.54, 1.807) is 11.1 Å². The molecule has 0 bridgehead atoms. The molecule has 17 heavy (non-hydrogen) atoms. The summed E-state index contributed by atoms with van der Waals surface area (Å²) in [5.74, 6) is -0.204. The number of rotatable bonds is 0. The van der Waals surface area contributed by atoms with Gasteiger partial charge in [0, 0.05) is 24.8 Å². The third-order valence-electron chi connectivity index (χ3n) is 3.32. The summed E-state index contributed by atoms with van der Waals surface area (Å²) in [5.41, 5.74) is 0.933. The minimum absolute atomic E-state index is 0.0734. The van der Waals surface area contributed by atoms with Crippen LogP contribution in [0.1, 0.15) is 12.8 Å². The molecular formula is C13H13ClN2O. The van der Waals surface area contributed by atoms with Gasteiger partial charge in [0.2, 0.25) is 5.91 Å². The maximum atomic E-state index is 12.4. The topological polar surface area (TPSA) is 32.7 Å². The van der Waals surface area contributed by atoms with Crippen molar-refractivity contribution in [2.24, 2.45) is 10.9 Å². The highest BCUT2D eigenvalue weighted by Gasteiger charge is 2.40. The summed E-state index contributed by atoms with van der Waals surface area (Å²) >= 11 is 6.20. The molecule has 3 rings (SSSR count). The number of hydrogen-bond donors (Lipinski definition) is 0. The molecule has 1 aliphatic carbocycles. The summed E-state index contributed by atoms with van der Waals surface area (Å²) in [7, 11) is 0. The van der Waals surface area contributed by atoms with Crippen LogP contribution in [0.25, 0.3) is 0 Å². The highest BCUT2D eigenvalue weighted by Crippen LogP contribution is 2.30. The molecule has 0 radical (unpaired) electrons. The van der Waals surface area contributed by atoms with Crippen LogP contribution in [-0.2, 0) is 4.79 Å². The zero-order valence-corrected chi connectivity index (χ0v) is 10.0. The van der Waals surface area contributed by atoms with Gasteiger partial charge in [0.25, 0.3) is 0 Å². The van der Waals surface area contributed by atoms with Crippen molar-refractivity contribution in [2.75, 3.05) is 0 Å². The number of halogens is 1. The summed E-state index contributed by atoms with van der Waals surface area (Å²) in [6.45, 7) is 0. The van der Waals surface area contributed by atoms with Crippen molar-refractivity contribution < 1.29 is 4.79 Å². The van der Waals surface area contributed by atoms with Crippen molar-refractivity contribution in [3.63, 3.8) is 0 Å². The Hall–Kier alpha value is -1.35. The molecule has 0 aromatic rings. The Balaban J connectivity index is 2.01. The monoisotopic (exact) mass is 248 g/mol. The zero-order valence-electron chi connectivity index (χ0n) is 9.29. The van der Waals surface area contributed by atoms with Gasteiger partial charge in [-0.3, -0.25) is 14.7 Å². The molecule has 0 fully saturated rings. The van der Waals surface area contributed by atoms with Gasteiger partial charge in [0.15, 0.2) is 0 Å². The first kappa shape index (κ1) is 10.8. The summed E-state index contributed by atoms with van der Waals surface area (Å²) in [4.78, 5) is 18.8. The Morgan fingerprint density at radius 2 is 2.24 bits per heavy atom. The van der Waals surface area contributed by atoms with Gasteiger partial charge in [-0.2, -0.15) is 0 Å².